The van der Waals surface area contributed by atoms with Crippen LogP contribution >= 0.6 is 0 Å². The Morgan fingerprint density at radius 2 is 2.15 bits per heavy atom. The first kappa shape index (κ1) is 16.4. The lowest BCUT2D eigenvalue weighted by Crippen LogP contribution is -2.40. The van der Waals surface area contributed by atoms with Crippen molar-refractivity contribution >= 4 is 5.91 Å². The van der Waals surface area contributed by atoms with Crippen molar-refractivity contribution in [2.75, 3.05) is 13.1 Å². The van der Waals surface area contributed by atoms with E-state index < -0.39 is 0 Å². The Hall–Kier alpha value is -3.10. The number of carbonyl (C=O) groups excluding carboxylic acids is 1. The van der Waals surface area contributed by atoms with Gasteiger partial charge in [0, 0.05) is 44.6 Å². The van der Waals surface area contributed by atoms with Crippen molar-refractivity contribution < 1.29 is 4.79 Å². The molecule has 3 aromatic rings. The molecule has 4 rings (SSSR count). The number of hydrogen-bond donors (Lipinski definition) is 0. The highest BCUT2D eigenvalue weighted by Gasteiger charge is 2.29. The summed E-state index contributed by atoms with van der Waals surface area (Å²) in [5.41, 5.74) is 0.380. The Balaban J connectivity index is 1.50. The van der Waals surface area contributed by atoms with E-state index in [2.05, 4.69) is 25.5 Å². The van der Waals surface area contributed by atoms with Crippen molar-refractivity contribution in [3.8, 4) is 0 Å². The zero-order valence-corrected chi connectivity index (χ0v) is 14.6. The summed E-state index contributed by atoms with van der Waals surface area (Å²) in [6, 6.07) is 5.31. The summed E-state index contributed by atoms with van der Waals surface area (Å²) in [7, 11) is 1.97. The molecule has 1 aliphatic rings. The molecule has 9 nitrogen and oxygen atoms in total. The maximum atomic E-state index is 12.6. The summed E-state index contributed by atoms with van der Waals surface area (Å²) in [6.45, 7) is 1.92. The van der Waals surface area contributed by atoms with E-state index in [-0.39, 0.29) is 11.8 Å². The van der Waals surface area contributed by atoms with Crippen LogP contribution in [-0.4, -0.2) is 58.6 Å². The number of amides is 1. The molecule has 3 aromatic heterocycles. The van der Waals surface area contributed by atoms with E-state index in [1.165, 1.54) is 0 Å². The summed E-state index contributed by atoms with van der Waals surface area (Å²) in [5.74, 6) is 1.83. The number of rotatable bonds is 4. The molecule has 0 spiro atoms. The van der Waals surface area contributed by atoms with Gasteiger partial charge in [-0.05, 0) is 31.0 Å². The molecular formula is C17H20N8O. The third-order valence-electron chi connectivity index (χ3n) is 4.73. The van der Waals surface area contributed by atoms with E-state index in [4.69, 9.17) is 0 Å². The molecule has 0 unspecified atom stereocenters. The van der Waals surface area contributed by atoms with Gasteiger partial charge in [-0.1, -0.05) is 0 Å². The Bertz CT molecular complexity index is 874. The monoisotopic (exact) mass is 352 g/mol. The minimum absolute atomic E-state index is 0.0817. The molecule has 4 heterocycles. The van der Waals surface area contributed by atoms with Crippen molar-refractivity contribution in [3.05, 3.63) is 54.1 Å². The second-order valence-electron chi connectivity index (χ2n) is 6.44. The standard InChI is InChI=1S/C17H20N8O/c1-23-15(12-25-10-4-8-19-25)21-22-16(23)13-5-3-9-24(11-13)17(26)14-6-2-7-18-20-14/h2,4,6-8,10,13H,3,5,9,11-12H2,1H3/t13-/m0/s1. The van der Waals surface area contributed by atoms with Gasteiger partial charge in [-0.25, -0.2) is 0 Å². The zero-order chi connectivity index (χ0) is 17.9. The van der Waals surface area contributed by atoms with Gasteiger partial charge >= 0.3 is 0 Å². The molecule has 1 aliphatic heterocycles. The van der Waals surface area contributed by atoms with Gasteiger partial charge in [0.1, 0.15) is 12.4 Å². The third kappa shape index (κ3) is 3.19. The number of aromatic nitrogens is 7. The number of hydrogen-bond acceptors (Lipinski definition) is 6. The van der Waals surface area contributed by atoms with Gasteiger partial charge in [0.15, 0.2) is 11.5 Å². The first-order chi connectivity index (χ1) is 12.7. The van der Waals surface area contributed by atoms with E-state index in [1.807, 2.05) is 33.5 Å². The highest BCUT2D eigenvalue weighted by molar-refractivity contribution is 5.92. The van der Waals surface area contributed by atoms with Crippen LogP contribution in [0.4, 0.5) is 0 Å². The summed E-state index contributed by atoms with van der Waals surface area (Å²) < 4.78 is 3.83. The summed E-state index contributed by atoms with van der Waals surface area (Å²) in [5, 5.41) is 20.7. The Morgan fingerprint density at radius 1 is 1.23 bits per heavy atom. The van der Waals surface area contributed by atoms with Crippen molar-refractivity contribution in [2.45, 2.75) is 25.3 Å². The van der Waals surface area contributed by atoms with E-state index >= 15 is 0 Å². The van der Waals surface area contributed by atoms with Gasteiger partial charge in [0.25, 0.3) is 5.91 Å². The maximum absolute atomic E-state index is 12.6. The molecule has 134 valence electrons. The van der Waals surface area contributed by atoms with Crippen LogP contribution in [0.25, 0.3) is 0 Å². The van der Waals surface area contributed by atoms with Gasteiger partial charge in [0.2, 0.25) is 0 Å². The first-order valence-corrected chi connectivity index (χ1v) is 8.65. The topological polar surface area (TPSA) is 94.6 Å². The van der Waals surface area contributed by atoms with Gasteiger partial charge in [-0.3, -0.25) is 9.48 Å². The number of carbonyl (C=O) groups is 1. The Kier molecular flexibility index (Phi) is 4.42. The third-order valence-corrected chi connectivity index (χ3v) is 4.73. The number of nitrogens with zero attached hydrogens (tertiary/aromatic N) is 8. The Labute approximate surface area is 150 Å². The van der Waals surface area contributed by atoms with Crippen LogP contribution in [0.3, 0.4) is 0 Å². The highest BCUT2D eigenvalue weighted by atomic mass is 16.2. The van der Waals surface area contributed by atoms with Crippen molar-refractivity contribution in [3.63, 3.8) is 0 Å². The fraction of sp³-hybridized carbons (Fsp3) is 0.412. The van der Waals surface area contributed by atoms with E-state index in [0.29, 0.717) is 18.8 Å². The molecule has 0 bridgehead atoms. The van der Waals surface area contributed by atoms with Crippen LogP contribution in [0.2, 0.25) is 0 Å². The van der Waals surface area contributed by atoms with Crippen LogP contribution < -0.4 is 0 Å². The number of likely N-dealkylation sites (tertiary alicyclic amines) is 1. The van der Waals surface area contributed by atoms with Gasteiger partial charge < -0.3 is 9.47 Å². The zero-order valence-electron chi connectivity index (χ0n) is 14.6. The van der Waals surface area contributed by atoms with Gasteiger partial charge in [-0.2, -0.15) is 10.2 Å². The van der Waals surface area contributed by atoms with Crippen LogP contribution in [-0.2, 0) is 13.6 Å². The average molecular weight is 352 g/mol. The van der Waals surface area contributed by atoms with E-state index in [9.17, 15) is 4.79 Å². The SMILES string of the molecule is Cn1c(Cn2cccn2)nnc1[C@H]1CCCN(C(=O)c2cccnn2)C1. The molecule has 1 amide bonds. The molecule has 26 heavy (non-hydrogen) atoms. The molecule has 0 aromatic carbocycles. The van der Waals surface area contributed by atoms with Crippen LogP contribution in [0, 0.1) is 0 Å². The summed E-state index contributed by atoms with van der Waals surface area (Å²) >= 11 is 0. The van der Waals surface area contributed by atoms with Crippen molar-refractivity contribution in [1.29, 1.82) is 0 Å². The quantitative estimate of drug-likeness (QED) is 0.691. The minimum atomic E-state index is -0.0817. The lowest BCUT2D eigenvalue weighted by molar-refractivity contribution is 0.0696. The number of piperidine rings is 1. The van der Waals surface area contributed by atoms with E-state index in [1.54, 1.807) is 24.5 Å². The van der Waals surface area contributed by atoms with Crippen LogP contribution in [0.15, 0.2) is 36.8 Å². The van der Waals surface area contributed by atoms with Gasteiger partial charge in [-0.15, -0.1) is 15.3 Å². The second-order valence-corrected chi connectivity index (χ2v) is 6.44. The average Bonchev–Trinajstić information content (AvgIpc) is 3.33. The normalized spacial score (nSPS) is 17.4. The fourth-order valence-corrected chi connectivity index (χ4v) is 3.36. The smallest absolute Gasteiger partial charge is 0.274 e. The predicted octanol–water partition coefficient (Wildman–Crippen LogP) is 0.870. The Morgan fingerprint density at radius 3 is 2.92 bits per heavy atom. The van der Waals surface area contributed by atoms with Gasteiger partial charge in [0.05, 0.1) is 0 Å². The summed E-state index contributed by atoms with van der Waals surface area (Å²) in [6.07, 6.45) is 7.12. The second kappa shape index (κ2) is 7.03. The highest BCUT2D eigenvalue weighted by Crippen LogP contribution is 2.26. The molecule has 0 N–H and O–H groups in total. The molecular weight excluding hydrogens is 332 g/mol. The molecule has 1 saturated heterocycles. The van der Waals surface area contributed by atoms with Crippen LogP contribution in [0.1, 0.15) is 40.9 Å². The molecule has 9 heteroatoms. The lowest BCUT2D eigenvalue weighted by atomic mass is 9.97. The molecule has 1 atom stereocenters. The van der Waals surface area contributed by atoms with Crippen molar-refractivity contribution in [2.24, 2.45) is 7.05 Å². The molecule has 0 radical (unpaired) electrons. The summed E-state index contributed by atoms with van der Waals surface area (Å²) in [4.78, 5) is 14.5. The maximum Gasteiger partial charge on any atom is 0.274 e. The van der Waals surface area contributed by atoms with Crippen LogP contribution in [0.5, 0.6) is 0 Å². The minimum Gasteiger partial charge on any atom is -0.337 e. The lowest BCUT2D eigenvalue weighted by Gasteiger charge is -2.31. The first-order valence-electron chi connectivity index (χ1n) is 8.65. The molecule has 0 aliphatic carbocycles. The molecule has 1 fully saturated rings. The van der Waals surface area contributed by atoms with Crippen molar-refractivity contribution in [1.82, 2.24) is 39.6 Å². The largest absolute Gasteiger partial charge is 0.337 e. The van der Waals surface area contributed by atoms with E-state index in [0.717, 1.165) is 31.0 Å². The predicted molar refractivity (Wildman–Crippen MR) is 92.2 cm³/mol. The fourth-order valence-electron chi connectivity index (χ4n) is 3.36. The molecule has 0 saturated carbocycles.